The van der Waals surface area contributed by atoms with E-state index < -0.39 is 17.1 Å². The summed E-state index contributed by atoms with van der Waals surface area (Å²) in [7, 11) is 0. The molecule has 2 N–H and O–H groups in total. The Hall–Kier alpha value is -1.10. The molecule has 1 saturated heterocycles. The summed E-state index contributed by atoms with van der Waals surface area (Å²) in [5, 5.41) is 0. The fourth-order valence-electron chi connectivity index (χ4n) is 1.62. The number of rotatable bonds is 2. The number of carbonyl (C=O) groups excluding carboxylic acids is 2. The second-order valence-electron chi connectivity index (χ2n) is 5.48. The highest BCUT2D eigenvalue weighted by molar-refractivity contribution is 5.90. The van der Waals surface area contributed by atoms with E-state index in [0.717, 1.165) is 0 Å². The van der Waals surface area contributed by atoms with E-state index in [1.54, 1.807) is 27.7 Å². The molecule has 0 aromatic carbocycles. The average Bonchev–Trinajstić information content (AvgIpc) is 2.28. The molecule has 1 amide bonds. The first-order chi connectivity index (χ1) is 7.12. The summed E-state index contributed by atoms with van der Waals surface area (Å²) in [6.07, 6.45) is 0.578. The Morgan fingerprint density at radius 3 is 2.50 bits per heavy atom. The molecular formula is C11H20N2O3. The van der Waals surface area contributed by atoms with E-state index in [-0.39, 0.29) is 12.5 Å². The molecule has 0 bridgehead atoms. The molecule has 0 aliphatic carbocycles. The molecule has 1 unspecified atom stereocenters. The minimum absolute atomic E-state index is 0.0110. The van der Waals surface area contributed by atoms with Crippen LogP contribution in [0.4, 0.5) is 0 Å². The highest BCUT2D eigenvalue weighted by Gasteiger charge is 2.40. The van der Waals surface area contributed by atoms with Crippen molar-refractivity contribution in [1.82, 2.24) is 4.90 Å². The molecule has 1 atom stereocenters. The molecule has 16 heavy (non-hydrogen) atoms. The number of hydrogen-bond donors (Lipinski definition) is 1. The summed E-state index contributed by atoms with van der Waals surface area (Å²) in [6, 6.07) is 0. The minimum Gasteiger partial charge on any atom is -0.459 e. The van der Waals surface area contributed by atoms with E-state index >= 15 is 0 Å². The molecular weight excluding hydrogens is 208 g/mol. The van der Waals surface area contributed by atoms with Gasteiger partial charge in [-0.2, -0.15) is 0 Å². The predicted molar refractivity (Wildman–Crippen MR) is 59.6 cm³/mol. The summed E-state index contributed by atoms with van der Waals surface area (Å²) in [5.41, 5.74) is 4.42. The Bertz CT molecular complexity index is 305. The summed E-state index contributed by atoms with van der Waals surface area (Å²) in [4.78, 5) is 24.7. The molecule has 5 nitrogen and oxygen atoms in total. The molecule has 0 aromatic heterocycles. The van der Waals surface area contributed by atoms with Crippen LogP contribution < -0.4 is 5.73 Å². The van der Waals surface area contributed by atoms with Gasteiger partial charge in [0.25, 0.3) is 0 Å². The lowest BCUT2D eigenvalue weighted by Gasteiger charge is -2.23. The van der Waals surface area contributed by atoms with Crippen molar-refractivity contribution in [2.45, 2.75) is 45.3 Å². The Morgan fingerprint density at radius 1 is 1.56 bits per heavy atom. The van der Waals surface area contributed by atoms with Crippen LogP contribution in [0.1, 0.15) is 34.1 Å². The third kappa shape index (κ3) is 3.20. The smallest absolute Gasteiger partial charge is 0.326 e. The molecule has 0 aromatic rings. The molecule has 1 rings (SSSR count). The first-order valence-corrected chi connectivity index (χ1v) is 5.42. The molecule has 1 heterocycles. The lowest BCUT2D eigenvalue weighted by atomic mass is 10.0. The predicted octanol–water partition coefficient (Wildman–Crippen LogP) is 0.278. The van der Waals surface area contributed by atoms with Gasteiger partial charge in [0.2, 0.25) is 5.91 Å². The maximum atomic E-state index is 11.7. The quantitative estimate of drug-likeness (QED) is 0.689. The number of hydrogen-bond acceptors (Lipinski definition) is 4. The average molecular weight is 228 g/mol. The summed E-state index contributed by atoms with van der Waals surface area (Å²) < 4.78 is 5.14. The lowest BCUT2D eigenvalue weighted by molar-refractivity contribution is -0.158. The van der Waals surface area contributed by atoms with Crippen molar-refractivity contribution in [3.63, 3.8) is 0 Å². The van der Waals surface area contributed by atoms with Gasteiger partial charge in [0.15, 0.2) is 0 Å². The third-order valence-corrected chi connectivity index (χ3v) is 2.42. The van der Waals surface area contributed by atoms with E-state index in [1.165, 1.54) is 4.90 Å². The van der Waals surface area contributed by atoms with Crippen LogP contribution >= 0.6 is 0 Å². The SMILES string of the molecule is CC(C)(C)OC(=O)CN1CCC(C)(N)C1=O. The second kappa shape index (κ2) is 4.05. The zero-order valence-corrected chi connectivity index (χ0v) is 10.4. The van der Waals surface area contributed by atoms with Gasteiger partial charge in [-0.3, -0.25) is 9.59 Å². The van der Waals surface area contributed by atoms with Gasteiger partial charge in [-0.15, -0.1) is 0 Å². The van der Waals surface area contributed by atoms with Gasteiger partial charge in [-0.25, -0.2) is 0 Å². The molecule has 1 aliphatic rings. The summed E-state index contributed by atoms with van der Waals surface area (Å²) >= 11 is 0. The largest absolute Gasteiger partial charge is 0.459 e. The summed E-state index contributed by atoms with van der Waals surface area (Å²) in [6.45, 7) is 7.58. The molecule has 0 spiro atoms. The number of nitrogens with two attached hydrogens (primary N) is 1. The fourth-order valence-corrected chi connectivity index (χ4v) is 1.62. The van der Waals surface area contributed by atoms with E-state index in [4.69, 9.17) is 10.5 Å². The van der Waals surface area contributed by atoms with E-state index in [0.29, 0.717) is 13.0 Å². The first-order valence-electron chi connectivity index (χ1n) is 5.42. The highest BCUT2D eigenvalue weighted by Crippen LogP contribution is 2.19. The van der Waals surface area contributed by atoms with Crippen molar-refractivity contribution >= 4 is 11.9 Å². The number of esters is 1. The topological polar surface area (TPSA) is 72.6 Å². The zero-order chi connectivity index (χ0) is 12.6. The van der Waals surface area contributed by atoms with Crippen molar-refractivity contribution in [2.24, 2.45) is 5.73 Å². The van der Waals surface area contributed by atoms with Gasteiger partial charge in [-0.05, 0) is 34.1 Å². The van der Waals surface area contributed by atoms with Crippen LogP contribution in [-0.4, -0.2) is 41.0 Å². The molecule has 0 saturated carbocycles. The zero-order valence-electron chi connectivity index (χ0n) is 10.4. The number of likely N-dealkylation sites (tertiary alicyclic amines) is 1. The van der Waals surface area contributed by atoms with Crippen molar-refractivity contribution in [2.75, 3.05) is 13.1 Å². The van der Waals surface area contributed by atoms with Crippen molar-refractivity contribution in [3.8, 4) is 0 Å². The molecule has 5 heteroatoms. The number of carbonyl (C=O) groups is 2. The minimum atomic E-state index is -0.831. The first kappa shape index (κ1) is 13.0. The lowest BCUT2D eigenvalue weighted by Crippen LogP contribution is -2.46. The molecule has 0 radical (unpaired) electrons. The Morgan fingerprint density at radius 2 is 2.12 bits per heavy atom. The van der Waals surface area contributed by atoms with Crippen LogP contribution in [0.25, 0.3) is 0 Å². The molecule has 92 valence electrons. The highest BCUT2D eigenvalue weighted by atomic mass is 16.6. The monoisotopic (exact) mass is 228 g/mol. The normalized spacial score (nSPS) is 26.1. The maximum Gasteiger partial charge on any atom is 0.326 e. The third-order valence-electron chi connectivity index (χ3n) is 2.42. The van der Waals surface area contributed by atoms with Crippen LogP contribution in [0.3, 0.4) is 0 Å². The van der Waals surface area contributed by atoms with Gasteiger partial charge in [0.1, 0.15) is 12.1 Å². The standard InChI is InChI=1S/C11H20N2O3/c1-10(2,3)16-8(14)7-13-6-5-11(4,12)9(13)15/h5-7,12H2,1-4H3. The van der Waals surface area contributed by atoms with Crippen LogP contribution in [0.5, 0.6) is 0 Å². The Balaban J connectivity index is 2.51. The van der Waals surface area contributed by atoms with Gasteiger partial charge in [0.05, 0.1) is 5.54 Å². The van der Waals surface area contributed by atoms with Gasteiger partial charge < -0.3 is 15.4 Å². The summed E-state index contributed by atoms with van der Waals surface area (Å²) in [5.74, 6) is -0.572. The van der Waals surface area contributed by atoms with E-state index in [2.05, 4.69) is 0 Å². The molecule has 1 fully saturated rings. The van der Waals surface area contributed by atoms with Gasteiger partial charge in [0, 0.05) is 6.54 Å². The van der Waals surface area contributed by atoms with Crippen molar-refractivity contribution < 1.29 is 14.3 Å². The number of nitrogens with zero attached hydrogens (tertiary/aromatic N) is 1. The van der Waals surface area contributed by atoms with E-state index in [1.807, 2.05) is 0 Å². The Labute approximate surface area is 95.9 Å². The van der Waals surface area contributed by atoms with Crippen molar-refractivity contribution in [1.29, 1.82) is 0 Å². The second-order valence-corrected chi connectivity index (χ2v) is 5.48. The van der Waals surface area contributed by atoms with Crippen LogP contribution in [0, 0.1) is 0 Å². The van der Waals surface area contributed by atoms with Crippen LogP contribution in [-0.2, 0) is 14.3 Å². The molecule has 1 aliphatic heterocycles. The maximum absolute atomic E-state index is 11.7. The van der Waals surface area contributed by atoms with Gasteiger partial charge >= 0.3 is 5.97 Å². The van der Waals surface area contributed by atoms with Crippen molar-refractivity contribution in [3.05, 3.63) is 0 Å². The van der Waals surface area contributed by atoms with Gasteiger partial charge in [-0.1, -0.05) is 0 Å². The van der Waals surface area contributed by atoms with Crippen LogP contribution in [0.15, 0.2) is 0 Å². The fraction of sp³-hybridized carbons (Fsp3) is 0.818. The van der Waals surface area contributed by atoms with Crippen LogP contribution in [0.2, 0.25) is 0 Å². The number of ether oxygens (including phenoxy) is 1. The van der Waals surface area contributed by atoms with E-state index in [9.17, 15) is 9.59 Å². The number of amides is 1. The Kier molecular flexibility index (Phi) is 3.28.